The van der Waals surface area contributed by atoms with Crippen LogP contribution in [0.2, 0.25) is 0 Å². The zero-order valence-corrected chi connectivity index (χ0v) is 15.6. The Kier molecular flexibility index (Phi) is 5.33. The summed E-state index contributed by atoms with van der Waals surface area (Å²) in [6.07, 6.45) is -4.47. The van der Waals surface area contributed by atoms with Crippen LogP contribution in [0.5, 0.6) is 0 Å². The highest BCUT2D eigenvalue weighted by molar-refractivity contribution is 7.18. The first-order valence-corrected chi connectivity index (χ1v) is 9.09. The van der Waals surface area contributed by atoms with E-state index in [2.05, 4.69) is 19.7 Å². The number of aryl methyl sites for hydroxylation is 1. The van der Waals surface area contributed by atoms with Gasteiger partial charge in [-0.2, -0.15) is 13.2 Å². The molecule has 2 heterocycles. The Morgan fingerprint density at radius 3 is 2.52 bits per heavy atom. The molecule has 6 nitrogen and oxygen atoms in total. The van der Waals surface area contributed by atoms with Crippen molar-refractivity contribution in [2.75, 3.05) is 0 Å². The molecule has 0 atom stereocenters. The molecule has 0 N–H and O–H groups in total. The molecule has 0 aliphatic rings. The molecular formula is C16H11F3N4O2S2. The number of nitrogens with zero attached hydrogens (tertiary/aromatic N) is 4. The van der Waals surface area contributed by atoms with Crippen LogP contribution in [0, 0.1) is 6.92 Å². The van der Waals surface area contributed by atoms with Crippen molar-refractivity contribution in [3.05, 3.63) is 52.2 Å². The zero-order chi connectivity index (χ0) is 19.6. The first kappa shape index (κ1) is 19.1. The molecule has 140 valence electrons. The minimum absolute atomic E-state index is 0.0372. The van der Waals surface area contributed by atoms with Gasteiger partial charge in [0.25, 0.3) is 0 Å². The maximum atomic E-state index is 12.5. The molecule has 0 amide bonds. The van der Waals surface area contributed by atoms with Crippen LogP contribution >= 0.6 is 22.9 Å². The third-order valence-electron chi connectivity index (χ3n) is 3.43. The lowest BCUT2D eigenvalue weighted by molar-refractivity contribution is -0.137. The summed E-state index contributed by atoms with van der Waals surface area (Å²) in [7, 11) is 0. The van der Waals surface area contributed by atoms with Gasteiger partial charge >= 0.3 is 12.1 Å². The molecule has 0 bridgehead atoms. The number of rotatable bonds is 4. The van der Waals surface area contributed by atoms with Crippen molar-refractivity contribution in [2.45, 2.75) is 20.0 Å². The fourth-order valence-electron chi connectivity index (χ4n) is 1.98. The standard InChI is InChI=1S/C16H11F3N4O2S2/c1-8(12-7-26-14(20-12)13-9(2)21-23-27-13)22-25-15(24)10-3-5-11(6-4-10)16(17,18)19/h3-7H,1-2H3. The number of carbonyl (C=O) groups excluding carboxylic acids is 1. The molecular weight excluding hydrogens is 401 g/mol. The maximum absolute atomic E-state index is 12.5. The van der Waals surface area contributed by atoms with Crippen LogP contribution in [-0.4, -0.2) is 26.3 Å². The van der Waals surface area contributed by atoms with Gasteiger partial charge in [0.2, 0.25) is 0 Å². The van der Waals surface area contributed by atoms with Gasteiger partial charge in [0, 0.05) is 5.38 Å². The smallest absolute Gasteiger partial charge is 0.312 e. The van der Waals surface area contributed by atoms with Crippen LogP contribution < -0.4 is 0 Å². The summed E-state index contributed by atoms with van der Waals surface area (Å²) < 4.78 is 41.5. The van der Waals surface area contributed by atoms with E-state index in [9.17, 15) is 18.0 Å². The van der Waals surface area contributed by atoms with Crippen molar-refractivity contribution < 1.29 is 22.8 Å². The van der Waals surface area contributed by atoms with Crippen molar-refractivity contribution in [3.63, 3.8) is 0 Å². The van der Waals surface area contributed by atoms with E-state index in [-0.39, 0.29) is 5.56 Å². The van der Waals surface area contributed by atoms with Crippen LogP contribution in [-0.2, 0) is 11.0 Å². The van der Waals surface area contributed by atoms with Gasteiger partial charge in [-0.1, -0.05) is 9.64 Å². The van der Waals surface area contributed by atoms with Gasteiger partial charge in [-0.05, 0) is 49.6 Å². The van der Waals surface area contributed by atoms with Crippen LogP contribution in [0.25, 0.3) is 9.88 Å². The lowest BCUT2D eigenvalue weighted by Crippen LogP contribution is -2.07. The van der Waals surface area contributed by atoms with Gasteiger partial charge in [-0.15, -0.1) is 16.4 Å². The topological polar surface area (TPSA) is 77.3 Å². The largest absolute Gasteiger partial charge is 0.416 e. The van der Waals surface area contributed by atoms with Gasteiger partial charge in [0.15, 0.2) is 0 Å². The maximum Gasteiger partial charge on any atom is 0.416 e. The SMILES string of the molecule is CC(=NOC(=O)c1ccc(C(F)(F)F)cc1)c1csc(-c2snnc2C)n1. The Labute approximate surface area is 159 Å². The van der Waals surface area contributed by atoms with Gasteiger partial charge in [0.1, 0.15) is 15.6 Å². The fourth-order valence-corrected chi connectivity index (χ4v) is 3.63. The number of thiazole rings is 1. The van der Waals surface area contributed by atoms with Crippen molar-refractivity contribution in [1.29, 1.82) is 0 Å². The number of oxime groups is 1. The number of carbonyl (C=O) groups is 1. The van der Waals surface area contributed by atoms with Crippen molar-refractivity contribution in [1.82, 2.24) is 14.6 Å². The molecule has 1 aromatic carbocycles. The van der Waals surface area contributed by atoms with E-state index < -0.39 is 17.7 Å². The fraction of sp³-hybridized carbons (Fsp3) is 0.188. The summed E-state index contributed by atoms with van der Waals surface area (Å²) in [6.45, 7) is 3.43. The van der Waals surface area contributed by atoms with E-state index in [1.807, 2.05) is 6.92 Å². The van der Waals surface area contributed by atoms with Crippen molar-refractivity contribution >= 4 is 34.6 Å². The predicted molar refractivity (Wildman–Crippen MR) is 94.8 cm³/mol. The Morgan fingerprint density at radius 2 is 1.93 bits per heavy atom. The lowest BCUT2D eigenvalue weighted by Gasteiger charge is -2.06. The molecule has 0 aliphatic heterocycles. The van der Waals surface area contributed by atoms with Crippen molar-refractivity contribution in [3.8, 4) is 9.88 Å². The van der Waals surface area contributed by atoms with E-state index in [4.69, 9.17) is 4.84 Å². The van der Waals surface area contributed by atoms with Crippen LogP contribution in [0.15, 0.2) is 34.8 Å². The van der Waals surface area contributed by atoms with E-state index in [1.54, 1.807) is 12.3 Å². The van der Waals surface area contributed by atoms with Crippen LogP contribution in [0.1, 0.15) is 34.2 Å². The number of alkyl halides is 3. The Balaban J connectivity index is 1.69. The van der Waals surface area contributed by atoms with E-state index in [0.29, 0.717) is 11.4 Å². The van der Waals surface area contributed by atoms with Crippen molar-refractivity contribution in [2.24, 2.45) is 5.16 Å². The van der Waals surface area contributed by atoms with Gasteiger partial charge in [0.05, 0.1) is 22.5 Å². The highest BCUT2D eigenvalue weighted by Crippen LogP contribution is 2.30. The average molecular weight is 412 g/mol. The first-order chi connectivity index (χ1) is 12.8. The van der Waals surface area contributed by atoms with E-state index in [1.165, 1.54) is 22.9 Å². The van der Waals surface area contributed by atoms with Crippen LogP contribution in [0.3, 0.4) is 0 Å². The van der Waals surface area contributed by atoms with E-state index >= 15 is 0 Å². The summed E-state index contributed by atoms with van der Waals surface area (Å²) in [6, 6.07) is 3.70. The molecule has 3 aromatic rings. The average Bonchev–Trinajstić information content (AvgIpc) is 3.27. The number of aromatic nitrogens is 3. The quantitative estimate of drug-likeness (QED) is 0.356. The van der Waals surface area contributed by atoms with Crippen LogP contribution in [0.4, 0.5) is 13.2 Å². The summed E-state index contributed by atoms with van der Waals surface area (Å²) in [5, 5.41) is 10.1. The molecule has 0 radical (unpaired) electrons. The summed E-state index contributed by atoms with van der Waals surface area (Å²) in [5.41, 5.74) is 0.756. The Morgan fingerprint density at radius 1 is 1.22 bits per heavy atom. The second-order valence-corrected chi connectivity index (χ2v) is 6.97. The molecule has 0 spiro atoms. The second-order valence-electron chi connectivity index (χ2n) is 5.36. The number of hydrogen-bond acceptors (Lipinski definition) is 8. The number of benzene rings is 1. The highest BCUT2D eigenvalue weighted by Gasteiger charge is 2.30. The number of hydrogen-bond donors (Lipinski definition) is 0. The molecule has 0 saturated heterocycles. The number of halogens is 3. The normalized spacial score (nSPS) is 12.3. The lowest BCUT2D eigenvalue weighted by atomic mass is 10.1. The van der Waals surface area contributed by atoms with Gasteiger partial charge in [-0.3, -0.25) is 0 Å². The molecule has 0 saturated carbocycles. The predicted octanol–water partition coefficient (Wildman–Crippen LogP) is 4.57. The minimum Gasteiger partial charge on any atom is -0.312 e. The molecule has 0 unspecified atom stereocenters. The minimum atomic E-state index is -4.47. The summed E-state index contributed by atoms with van der Waals surface area (Å²) in [4.78, 5) is 22.0. The Hall–Kier alpha value is -2.66. The Bertz CT molecular complexity index is 994. The molecule has 0 fully saturated rings. The summed E-state index contributed by atoms with van der Waals surface area (Å²) in [5.74, 6) is -0.860. The highest BCUT2D eigenvalue weighted by atomic mass is 32.1. The first-order valence-electron chi connectivity index (χ1n) is 7.44. The zero-order valence-electron chi connectivity index (χ0n) is 13.9. The third-order valence-corrected chi connectivity index (χ3v) is 5.26. The summed E-state index contributed by atoms with van der Waals surface area (Å²) >= 11 is 2.60. The second kappa shape index (κ2) is 7.53. The van der Waals surface area contributed by atoms with E-state index in [0.717, 1.165) is 39.8 Å². The third kappa shape index (κ3) is 4.37. The monoisotopic (exact) mass is 412 g/mol. The molecule has 27 heavy (non-hydrogen) atoms. The van der Waals surface area contributed by atoms with Gasteiger partial charge < -0.3 is 4.84 Å². The van der Waals surface area contributed by atoms with Gasteiger partial charge in [-0.25, -0.2) is 9.78 Å². The molecule has 11 heteroatoms. The molecule has 0 aliphatic carbocycles. The molecule has 2 aromatic heterocycles. The molecule has 3 rings (SSSR count).